The highest BCUT2D eigenvalue weighted by molar-refractivity contribution is 7.91. The number of hydrogen-bond acceptors (Lipinski definition) is 4. The van der Waals surface area contributed by atoms with Gasteiger partial charge in [-0.2, -0.15) is 5.10 Å². The van der Waals surface area contributed by atoms with Crippen LogP contribution in [0.2, 0.25) is 0 Å². The maximum atomic E-state index is 11.4. The van der Waals surface area contributed by atoms with E-state index in [1.807, 2.05) is 20.0 Å². The van der Waals surface area contributed by atoms with Crippen LogP contribution in [0.1, 0.15) is 19.0 Å². The SMILES string of the molecule is CCCS(=O)(=O)CCNCc1ccnn1C. The second-order valence-corrected chi connectivity index (χ2v) is 6.08. The van der Waals surface area contributed by atoms with Crippen LogP contribution in [0.3, 0.4) is 0 Å². The molecule has 6 heteroatoms. The van der Waals surface area contributed by atoms with Crippen LogP contribution < -0.4 is 5.32 Å². The molecule has 0 saturated heterocycles. The molecule has 0 spiro atoms. The van der Waals surface area contributed by atoms with Crippen LogP contribution in [0.15, 0.2) is 12.3 Å². The fraction of sp³-hybridized carbons (Fsp3) is 0.700. The van der Waals surface area contributed by atoms with Crippen molar-refractivity contribution in [2.45, 2.75) is 19.9 Å². The van der Waals surface area contributed by atoms with Gasteiger partial charge in [0.05, 0.1) is 11.4 Å². The van der Waals surface area contributed by atoms with E-state index in [0.717, 1.165) is 5.69 Å². The van der Waals surface area contributed by atoms with E-state index in [1.165, 1.54) is 0 Å². The van der Waals surface area contributed by atoms with E-state index in [0.29, 0.717) is 19.5 Å². The van der Waals surface area contributed by atoms with Crippen molar-refractivity contribution in [3.05, 3.63) is 18.0 Å². The number of rotatable bonds is 7. The summed E-state index contributed by atoms with van der Waals surface area (Å²) in [6.07, 6.45) is 2.41. The van der Waals surface area contributed by atoms with Gasteiger partial charge in [0.25, 0.3) is 0 Å². The van der Waals surface area contributed by atoms with Crippen LogP contribution in [0.4, 0.5) is 0 Å². The normalized spacial score (nSPS) is 11.9. The number of nitrogens with zero attached hydrogens (tertiary/aromatic N) is 2. The van der Waals surface area contributed by atoms with E-state index in [-0.39, 0.29) is 11.5 Å². The Balaban J connectivity index is 2.25. The van der Waals surface area contributed by atoms with Gasteiger partial charge in [0, 0.05) is 32.1 Å². The second kappa shape index (κ2) is 6.00. The highest BCUT2D eigenvalue weighted by Gasteiger charge is 2.08. The van der Waals surface area contributed by atoms with Crippen LogP contribution >= 0.6 is 0 Å². The largest absolute Gasteiger partial charge is 0.310 e. The van der Waals surface area contributed by atoms with Crippen molar-refractivity contribution in [1.29, 1.82) is 0 Å². The van der Waals surface area contributed by atoms with Gasteiger partial charge in [-0.15, -0.1) is 0 Å². The minimum absolute atomic E-state index is 0.207. The quantitative estimate of drug-likeness (QED) is 0.703. The molecule has 0 amide bonds. The van der Waals surface area contributed by atoms with E-state index in [2.05, 4.69) is 10.4 Å². The molecule has 0 radical (unpaired) electrons. The molecule has 0 aliphatic heterocycles. The Bertz CT molecular complexity index is 411. The van der Waals surface area contributed by atoms with Gasteiger partial charge in [-0.3, -0.25) is 4.68 Å². The second-order valence-electron chi connectivity index (χ2n) is 3.77. The summed E-state index contributed by atoms with van der Waals surface area (Å²) in [6, 6.07) is 1.91. The van der Waals surface area contributed by atoms with Gasteiger partial charge >= 0.3 is 0 Å². The number of nitrogens with one attached hydrogen (secondary N) is 1. The van der Waals surface area contributed by atoms with Crippen molar-refractivity contribution in [1.82, 2.24) is 15.1 Å². The molecule has 0 aliphatic rings. The molecule has 0 saturated carbocycles. The highest BCUT2D eigenvalue weighted by atomic mass is 32.2. The van der Waals surface area contributed by atoms with Gasteiger partial charge in [0.15, 0.2) is 9.84 Å². The van der Waals surface area contributed by atoms with Gasteiger partial charge in [0.2, 0.25) is 0 Å². The summed E-state index contributed by atoms with van der Waals surface area (Å²) in [6.45, 7) is 3.02. The third kappa shape index (κ3) is 4.32. The molecule has 0 bridgehead atoms. The number of hydrogen-bond donors (Lipinski definition) is 1. The first-order valence-electron chi connectivity index (χ1n) is 5.43. The maximum absolute atomic E-state index is 11.4. The van der Waals surface area contributed by atoms with E-state index in [9.17, 15) is 8.42 Å². The summed E-state index contributed by atoms with van der Waals surface area (Å²) in [5.41, 5.74) is 1.05. The molecule has 1 aromatic heterocycles. The van der Waals surface area contributed by atoms with Gasteiger partial charge in [-0.05, 0) is 12.5 Å². The van der Waals surface area contributed by atoms with Gasteiger partial charge in [-0.25, -0.2) is 8.42 Å². The predicted octanol–water partition coefficient (Wildman–Crippen LogP) is 0.334. The topological polar surface area (TPSA) is 64.0 Å². The lowest BCUT2D eigenvalue weighted by atomic mass is 10.4. The van der Waals surface area contributed by atoms with Gasteiger partial charge < -0.3 is 5.32 Å². The summed E-state index contributed by atoms with van der Waals surface area (Å²) in [7, 11) is -1.00. The third-order valence-electron chi connectivity index (χ3n) is 2.33. The van der Waals surface area contributed by atoms with Crippen molar-refractivity contribution < 1.29 is 8.42 Å². The first kappa shape index (κ1) is 13.2. The Kier molecular flexibility index (Phi) is 4.95. The lowest BCUT2D eigenvalue weighted by molar-refractivity contribution is 0.586. The van der Waals surface area contributed by atoms with Crippen LogP contribution in [0.25, 0.3) is 0 Å². The molecule has 1 aromatic rings. The molecule has 1 N–H and O–H groups in total. The standard InChI is InChI=1S/C10H19N3O2S/c1-3-7-16(14,15)8-6-11-9-10-4-5-12-13(10)2/h4-5,11H,3,6-9H2,1-2H3. The van der Waals surface area contributed by atoms with Crippen LogP contribution in [0.5, 0.6) is 0 Å². The summed E-state index contributed by atoms with van der Waals surface area (Å²) in [4.78, 5) is 0. The summed E-state index contributed by atoms with van der Waals surface area (Å²) >= 11 is 0. The number of aryl methyl sites for hydroxylation is 1. The van der Waals surface area contributed by atoms with Crippen LogP contribution in [-0.2, 0) is 23.4 Å². The summed E-state index contributed by atoms with van der Waals surface area (Å²) in [5.74, 6) is 0.485. The molecule has 0 aromatic carbocycles. The molecule has 0 atom stereocenters. The lowest BCUT2D eigenvalue weighted by Crippen LogP contribution is -2.24. The Morgan fingerprint density at radius 1 is 1.44 bits per heavy atom. The molecule has 5 nitrogen and oxygen atoms in total. The first-order chi connectivity index (χ1) is 7.55. The Labute approximate surface area is 96.8 Å². The van der Waals surface area contributed by atoms with E-state index in [4.69, 9.17) is 0 Å². The summed E-state index contributed by atoms with van der Waals surface area (Å²) in [5, 5.41) is 7.14. The molecule has 1 rings (SSSR count). The van der Waals surface area contributed by atoms with Crippen LogP contribution in [0, 0.1) is 0 Å². The zero-order valence-electron chi connectivity index (χ0n) is 9.81. The molecule has 1 heterocycles. The van der Waals surface area contributed by atoms with E-state index >= 15 is 0 Å². The minimum atomic E-state index is -2.87. The molecule has 0 unspecified atom stereocenters. The van der Waals surface area contributed by atoms with Crippen molar-refractivity contribution in [3.8, 4) is 0 Å². The van der Waals surface area contributed by atoms with E-state index < -0.39 is 9.84 Å². The van der Waals surface area contributed by atoms with Crippen molar-refractivity contribution >= 4 is 9.84 Å². The zero-order valence-corrected chi connectivity index (χ0v) is 10.6. The Morgan fingerprint density at radius 3 is 2.75 bits per heavy atom. The molecule has 0 aliphatic carbocycles. The monoisotopic (exact) mass is 245 g/mol. The van der Waals surface area contributed by atoms with E-state index in [1.54, 1.807) is 10.9 Å². The third-order valence-corrected chi connectivity index (χ3v) is 4.19. The molecule has 16 heavy (non-hydrogen) atoms. The van der Waals surface area contributed by atoms with Crippen molar-refractivity contribution in [2.75, 3.05) is 18.1 Å². The average molecular weight is 245 g/mol. The molecular weight excluding hydrogens is 226 g/mol. The Hall–Kier alpha value is -0.880. The number of sulfone groups is 1. The smallest absolute Gasteiger partial charge is 0.151 e. The summed E-state index contributed by atoms with van der Waals surface area (Å²) < 4.78 is 24.6. The lowest BCUT2D eigenvalue weighted by Gasteiger charge is -2.05. The molecular formula is C10H19N3O2S. The minimum Gasteiger partial charge on any atom is -0.310 e. The van der Waals surface area contributed by atoms with Gasteiger partial charge in [-0.1, -0.05) is 6.92 Å². The predicted molar refractivity (Wildman–Crippen MR) is 63.9 cm³/mol. The van der Waals surface area contributed by atoms with Gasteiger partial charge in [0.1, 0.15) is 0 Å². The maximum Gasteiger partial charge on any atom is 0.151 e. The highest BCUT2D eigenvalue weighted by Crippen LogP contribution is 1.96. The Morgan fingerprint density at radius 2 is 2.19 bits per heavy atom. The number of aromatic nitrogens is 2. The zero-order chi connectivity index (χ0) is 12.0. The average Bonchev–Trinajstić information content (AvgIpc) is 2.59. The first-order valence-corrected chi connectivity index (χ1v) is 7.25. The molecule has 0 fully saturated rings. The fourth-order valence-corrected chi connectivity index (χ4v) is 2.71. The van der Waals surface area contributed by atoms with Crippen molar-refractivity contribution in [2.24, 2.45) is 7.05 Å². The van der Waals surface area contributed by atoms with Crippen LogP contribution in [-0.4, -0.2) is 36.2 Å². The molecule has 92 valence electrons. The van der Waals surface area contributed by atoms with Crippen molar-refractivity contribution in [3.63, 3.8) is 0 Å². The fourth-order valence-electron chi connectivity index (χ4n) is 1.43.